The number of thiazole rings is 1. The summed E-state index contributed by atoms with van der Waals surface area (Å²) in [6.45, 7) is 4.31. The Bertz CT molecular complexity index is 653. The lowest BCUT2D eigenvalue weighted by Crippen LogP contribution is -2.00. The number of benzene rings is 1. The van der Waals surface area contributed by atoms with Gasteiger partial charge in [-0.3, -0.25) is 5.43 Å². The summed E-state index contributed by atoms with van der Waals surface area (Å²) in [5, 5.41) is 8.41. The summed E-state index contributed by atoms with van der Waals surface area (Å²) in [7, 11) is 0. The normalized spacial score (nSPS) is 11.7. The van der Waals surface area contributed by atoms with Crippen LogP contribution in [0.25, 0.3) is 11.3 Å². The fraction of sp³-hybridized carbons (Fsp3) is 0.375. The van der Waals surface area contributed by atoms with Crippen LogP contribution in [-0.4, -0.2) is 10.7 Å². The molecule has 0 bridgehead atoms. The lowest BCUT2D eigenvalue weighted by Gasteiger charge is -2.03. The largest absolute Gasteiger partial charge is 0.253 e. The second kappa shape index (κ2) is 8.51. The van der Waals surface area contributed by atoms with Crippen LogP contribution >= 0.6 is 34.5 Å². The molecule has 118 valence electrons. The fourth-order valence-electron chi connectivity index (χ4n) is 1.97. The van der Waals surface area contributed by atoms with Crippen LogP contribution in [0.1, 0.15) is 39.5 Å². The monoisotopic (exact) mass is 355 g/mol. The summed E-state index contributed by atoms with van der Waals surface area (Å²) >= 11 is 13.6. The second-order valence-corrected chi connectivity index (χ2v) is 6.61. The number of unbranched alkanes of at least 4 members (excludes halogenated alkanes) is 1. The van der Waals surface area contributed by atoms with Gasteiger partial charge in [-0.2, -0.15) is 5.10 Å². The van der Waals surface area contributed by atoms with Crippen molar-refractivity contribution in [1.82, 2.24) is 4.98 Å². The van der Waals surface area contributed by atoms with Gasteiger partial charge >= 0.3 is 0 Å². The van der Waals surface area contributed by atoms with Crippen LogP contribution in [0.5, 0.6) is 0 Å². The molecular weight excluding hydrogens is 337 g/mol. The lowest BCUT2D eigenvalue weighted by molar-refractivity contribution is 0.824. The molecule has 1 aromatic carbocycles. The van der Waals surface area contributed by atoms with E-state index >= 15 is 0 Å². The number of rotatable bonds is 7. The third-order valence-electron chi connectivity index (χ3n) is 3.25. The second-order valence-electron chi connectivity index (χ2n) is 4.91. The van der Waals surface area contributed by atoms with Crippen molar-refractivity contribution in [3.8, 4) is 11.3 Å². The van der Waals surface area contributed by atoms with Gasteiger partial charge in [0.15, 0.2) is 0 Å². The molecule has 0 saturated carbocycles. The van der Waals surface area contributed by atoms with E-state index < -0.39 is 0 Å². The van der Waals surface area contributed by atoms with E-state index in [1.165, 1.54) is 23.5 Å². The Balaban J connectivity index is 2.09. The highest BCUT2D eigenvalue weighted by atomic mass is 35.5. The summed E-state index contributed by atoms with van der Waals surface area (Å²) < 4.78 is 0. The summed E-state index contributed by atoms with van der Waals surface area (Å²) in [6, 6.07) is 5.42. The van der Waals surface area contributed by atoms with Gasteiger partial charge in [-0.15, -0.1) is 11.3 Å². The smallest absolute Gasteiger partial charge is 0.203 e. The third kappa shape index (κ3) is 4.70. The molecule has 1 N–H and O–H groups in total. The minimum atomic E-state index is 0.602. The first kappa shape index (κ1) is 17.3. The van der Waals surface area contributed by atoms with Crippen molar-refractivity contribution in [3.63, 3.8) is 0 Å². The molecular formula is C16H19Cl2N3S. The maximum atomic E-state index is 6.21. The molecule has 0 spiro atoms. The zero-order valence-corrected chi connectivity index (χ0v) is 15.0. The fourth-order valence-corrected chi connectivity index (χ4v) is 3.12. The Kier molecular flexibility index (Phi) is 6.68. The van der Waals surface area contributed by atoms with Gasteiger partial charge in [0.2, 0.25) is 5.13 Å². The molecule has 0 saturated heterocycles. The molecule has 0 fully saturated rings. The van der Waals surface area contributed by atoms with E-state index in [-0.39, 0.29) is 0 Å². The van der Waals surface area contributed by atoms with Gasteiger partial charge in [0.05, 0.1) is 10.7 Å². The van der Waals surface area contributed by atoms with Gasteiger partial charge < -0.3 is 0 Å². The number of halogens is 2. The molecule has 0 aliphatic heterocycles. The van der Waals surface area contributed by atoms with E-state index in [0.717, 1.165) is 35.7 Å². The van der Waals surface area contributed by atoms with Crippen LogP contribution in [0.15, 0.2) is 28.7 Å². The van der Waals surface area contributed by atoms with Crippen LogP contribution in [0, 0.1) is 0 Å². The minimum absolute atomic E-state index is 0.602. The number of hydrogen-bond donors (Lipinski definition) is 1. The number of nitrogens with zero attached hydrogens (tertiary/aromatic N) is 2. The lowest BCUT2D eigenvalue weighted by atomic mass is 10.1. The molecule has 0 aliphatic carbocycles. The zero-order chi connectivity index (χ0) is 15.9. The molecule has 0 amide bonds. The van der Waals surface area contributed by atoms with E-state index in [0.29, 0.717) is 10.0 Å². The molecule has 1 heterocycles. The van der Waals surface area contributed by atoms with Gasteiger partial charge in [0.25, 0.3) is 0 Å². The van der Waals surface area contributed by atoms with Crippen molar-refractivity contribution < 1.29 is 0 Å². The Hall–Kier alpha value is -1.10. The average molecular weight is 356 g/mol. The molecule has 2 aromatic rings. The van der Waals surface area contributed by atoms with Crippen molar-refractivity contribution in [3.05, 3.63) is 33.6 Å². The van der Waals surface area contributed by atoms with E-state index in [9.17, 15) is 0 Å². The topological polar surface area (TPSA) is 37.3 Å². The Morgan fingerprint density at radius 3 is 2.82 bits per heavy atom. The number of anilines is 1. The average Bonchev–Trinajstić information content (AvgIpc) is 2.96. The molecule has 0 aliphatic rings. The number of nitrogens with one attached hydrogen (secondary N) is 1. The molecule has 22 heavy (non-hydrogen) atoms. The van der Waals surface area contributed by atoms with Gasteiger partial charge in [-0.25, -0.2) is 4.98 Å². The van der Waals surface area contributed by atoms with Crippen LogP contribution in [0.3, 0.4) is 0 Å². The first-order valence-electron chi connectivity index (χ1n) is 7.36. The Morgan fingerprint density at radius 1 is 1.32 bits per heavy atom. The molecule has 0 unspecified atom stereocenters. The minimum Gasteiger partial charge on any atom is -0.253 e. The molecule has 0 atom stereocenters. The summed E-state index contributed by atoms with van der Waals surface area (Å²) in [5.74, 6) is 0. The maximum absolute atomic E-state index is 6.21. The van der Waals surface area contributed by atoms with E-state index in [1.807, 2.05) is 17.5 Å². The molecule has 0 radical (unpaired) electrons. The number of aromatic nitrogens is 1. The van der Waals surface area contributed by atoms with Crippen LogP contribution in [0.4, 0.5) is 5.13 Å². The molecule has 6 heteroatoms. The predicted molar refractivity (Wildman–Crippen MR) is 98.4 cm³/mol. The van der Waals surface area contributed by atoms with Crippen molar-refractivity contribution >= 4 is 45.4 Å². The SMILES string of the molecule is CCCC/C(CC)=N/Nc1nc(-c2ccc(Cl)cc2Cl)cs1. The highest BCUT2D eigenvalue weighted by Gasteiger charge is 2.08. The Morgan fingerprint density at radius 2 is 2.14 bits per heavy atom. The standard InChI is InChI=1S/C16H19Cl2N3S/c1-3-5-6-12(4-2)20-21-16-19-15(10-22-16)13-8-7-11(17)9-14(13)18/h7-10H,3-6H2,1-2H3,(H,19,21)/b20-12+. The molecule has 3 nitrogen and oxygen atoms in total. The quantitative estimate of drug-likeness (QED) is 0.455. The number of hydrazone groups is 1. The van der Waals surface area contributed by atoms with Gasteiger partial charge in [0.1, 0.15) is 0 Å². The van der Waals surface area contributed by atoms with Gasteiger partial charge in [-0.1, -0.05) is 43.5 Å². The first-order chi connectivity index (χ1) is 10.6. The predicted octanol–water partition coefficient (Wildman–Crippen LogP) is 6.49. The third-order valence-corrected chi connectivity index (χ3v) is 4.54. The van der Waals surface area contributed by atoms with Crippen molar-refractivity contribution in [2.45, 2.75) is 39.5 Å². The first-order valence-corrected chi connectivity index (χ1v) is 9.00. The highest BCUT2D eigenvalue weighted by molar-refractivity contribution is 7.14. The van der Waals surface area contributed by atoms with Crippen LogP contribution in [0.2, 0.25) is 10.0 Å². The summed E-state index contributed by atoms with van der Waals surface area (Å²) in [5.41, 5.74) is 5.93. The van der Waals surface area contributed by atoms with E-state index in [2.05, 4.69) is 29.4 Å². The van der Waals surface area contributed by atoms with Crippen molar-refractivity contribution in [1.29, 1.82) is 0 Å². The molecule has 1 aromatic heterocycles. The van der Waals surface area contributed by atoms with Crippen LogP contribution < -0.4 is 5.43 Å². The number of hydrogen-bond acceptors (Lipinski definition) is 4. The van der Waals surface area contributed by atoms with Crippen molar-refractivity contribution in [2.24, 2.45) is 5.10 Å². The van der Waals surface area contributed by atoms with Gasteiger partial charge in [-0.05, 0) is 37.5 Å². The summed E-state index contributed by atoms with van der Waals surface area (Å²) in [6.07, 6.45) is 4.32. The zero-order valence-electron chi connectivity index (χ0n) is 12.7. The Labute approximate surface area is 145 Å². The van der Waals surface area contributed by atoms with E-state index in [4.69, 9.17) is 23.2 Å². The van der Waals surface area contributed by atoms with Gasteiger partial charge in [0, 0.05) is 21.7 Å². The summed E-state index contributed by atoms with van der Waals surface area (Å²) in [4.78, 5) is 4.53. The van der Waals surface area contributed by atoms with Crippen LogP contribution in [-0.2, 0) is 0 Å². The maximum Gasteiger partial charge on any atom is 0.203 e. The van der Waals surface area contributed by atoms with E-state index in [1.54, 1.807) is 6.07 Å². The molecule has 2 rings (SSSR count). The van der Waals surface area contributed by atoms with Crippen molar-refractivity contribution in [2.75, 3.05) is 5.43 Å². The highest BCUT2D eigenvalue weighted by Crippen LogP contribution is 2.32.